The van der Waals surface area contributed by atoms with Crippen molar-refractivity contribution in [3.63, 3.8) is 0 Å². The number of rotatable bonds is 10. The van der Waals surface area contributed by atoms with Gasteiger partial charge in [0.25, 0.3) is 0 Å². The molecular weight excluding hydrogens is 307 g/mol. The fraction of sp³-hybridized carbons (Fsp3) is 0.600. The third kappa shape index (κ3) is 6.55. The first kappa shape index (κ1) is 16.7. The fourth-order valence-corrected chi connectivity index (χ4v) is 3.97. The number of hydrogen-bond donors (Lipinski definition) is 0. The van der Waals surface area contributed by atoms with Gasteiger partial charge in [-0.1, -0.05) is 0 Å². The predicted molar refractivity (Wildman–Crippen MR) is 79.1 cm³/mol. The van der Waals surface area contributed by atoms with E-state index in [-0.39, 0.29) is 26.1 Å². The van der Waals surface area contributed by atoms with Crippen LogP contribution in [0.2, 0.25) is 4.82 Å². The first-order valence-corrected chi connectivity index (χ1v) is 8.69. The van der Waals surface area contributed by atoms with E-state index in [0.29, 0.717) is 19.8 Å². The topological polar surface area (TPSA) is 27.7 Å². The number of hydrogen-bond acceptors (Lipinski definition) is 3. The summed E-state index contributed by atoms with van der Waals surface area (Å²) in [6.07, 6.45) is -0.165. The molecule has 0 radical (unpaired) electrons. The standard InChI is InChI=1S/C15H24O3Se/c1-4-16-12-14(15(17-5-2)18-6-3)19-13-10-8-7-9-11-13/h7-11,14-15H,4-6,12H2,1-3H3. The Bertz CT molecular complexity index is 312. The zero-order valence-corrected chi connectivity index (χ0v) is 13.7. The first-order valence-electron chi connectivity index (χ1n) is 6.84. The molecule has 1 rings (SSSR count). The van der Waals surface area contributed by atoms with Crippen molar-refractivity contribution in [3.05, 3.63) is 30.3 Å². The second kappa shape index (κ2) is 10.4. The summed E-state index contributed by atoms with van der Waals surface area (Å²) in [4.78, 5) is 0.287. The molecule has 0 saturated carbocycles. The Kier molecular flexibility index (Phi) is 9.14. The van der Waals surface area contributed by atoms with E-state index >= 15 is 0 Å². The van der Waals surface area contributed by atoms with Gasteiger partial charge in [0.15, 0.2) is 0 Å². The molecule has 0 heterocycles. The Morgan fingerprint density at radius 1 is 0.947 bits per heavy atom. The molecule has 4 heteroatoms. The molecule has 0 aliphatic rings. The molecule has 19 heavy (non-hydrogen) atoms. The van der Waals surface area contributed by atoms with E-state index in [1.165, 1.54) is 4.46 Å². The molecule has 108 valence electrons. The molecule has 0 amide bonds. The summed E-state index contributed by atoms with van der Waals surface area (Å²) in [6.45, 7) is 8.76. The van der Waals surface area contributed by atoms with Crippen molar-refractivity contribution in [2.75, 3.05) is 26.4 Å². The van der Waals surface area contributed by atoms with Crippen molar-refractivity contribution in [3.8, 4) is 0 Å². The van der Waals surface area contributed by atoms with Crippen LogP contribution in [-0.4, -0.2) is 47.7 Å². The van der Waals surface area contributed by atoms with Crippen molar-refractivity contribution in [1.82, 2.24) is 0 Å². The van der Waals surface area contributed by atoms with Crippen LogP contribution in [0.25, 0.3) is 0 Å². The average Bonchev–Trinajstić information content (AvgIpc) is 2.44. The second-order valence-corrected chi connectivity index (χ2v) is 6.66. The normalized spacial score (nSPS) is 12.8. The summed E-state index contributed by atoms with van der Waals surface area (Å²) in [7, 11) is 0. The Morgan fingerprint density at radius 2 is 1.58 bits per heavy atom. The van der Waals surface area contributed by atoms with E-state index in [1.54, 1.807) is 0 Å². The Labute approximate surface area is 122 Å². The van der Waals surface area contributed by atoms with Crippen LogP contribution >= 0.6 is 0 Å². The average molecular weight is 331 g/mol. The summed E-state index contributed by atoms with van der Waals surface area (Å²) < 4.78 is 18.4. The zero-order valence-electron chi connectivity index (χ0n) is 12.0. The van der Waals surface area contributed by atoms with Crippen LogP contribution < -0.4 is 4.46 Å². The van der Waals surface area contributed by atoms with Crippen LogP contribution in [0.3, 0.4) is 0 Å². The molecule has 0 spiro atoms. The van der Waals surface area contributed by atoms with Gasteiger partial charge in [-0.2, -0.15) is 0 Å². The third-order valence-corrected chi connectivity index (χ3v) is 5.01. The van der Waals surface area contributed by atoms with E-state index in [9.17, 15) is 0 Å². The molecule has 0 aliphatic heterocycles. The molecule has 0 saturated heterocycles. The Morgan fingerprint density at radius 3 is 2.11 bits per heavy atom. The molecule has 0 aliphatic carbocycles. The maximum absolute atomic E-state index is 5.73. The van der Waals surface area contributed by atoms with Crippen molar-refractivity contribution < 1.29 is 14.2 Å². The quantitative estimate of drug-likeness (QED) is 0.486. The van der Waals surface area contributed by atoms with Crippen molar-refractivity contribution >= 4 is 19.4 Å². The van der Waals surface area contributed by atoms with Gasteiger partial charge in [-0.15, -0.1) is 0 Å². The molecule has 3 nitrogen and oxygen atoms in total. The fourth-order valence-electron chi connectivity index (χ4n) is 1.67. The van der Waals surface area contributed by atoms with Gasteiger partial charge in [0.2, 0.25) is 0 Å². The molecule has 1 aromatic carbocycles. The van der Waals surface area contributed by atoms with Gasteiger partial charge >= 0.3 is 122 Å². The summed E-state index contributed by atoms with van der Waals surface area (Å²) >= 11 is 0.283. The van der Waals surface area contributed by atoms with Gasteiger partial charge < -0.3 is 0 Å². The van der Waals surface area contributed by atoms with Crippen LogP contribution in [0.4, 0.5) is 0 Å². The van der Waals surface area contributed by atoms with E-state index in [0.717, 1.165) is 6.61 Å². The van der Waals surface area contributed by atoms with Gasteiger partial charge in [0, 0.05) is 0 Å². The SMILES string of the molecule is CCOCC([Se]c1ccccc1)C(OCC)OCC. The zero-order chi connectivity index (χ0) is 13.9. The minimum atomic E-state index is -0.165. The molecule has 0 fully saturated rings. The summed E-state index contributed by atoms with van der Waals surface area (Å²) in [5.74, 6) is 0. The molecule has 1 atom stereocenters. The van der Waals surface area contributed by atoms with Crippen molar-refractivity contribution in [2.45, 2.75) is 31.9 Å². The van der Waals surface area contributed by atoms with Crippen LogP contribution in [-0.2, 0) is 14.2 Å². The molecule has 1 aromatic rings. The van der Waals surface area contributed by atoms with E-state index in [4.69, 9.17) is 14.2 Å². The maximum atomic E-state index is 5.73. The van der Waals surface area contributed by atoms with Gasteiger partial charge in [-0.3, -0.25) is 0 Å². The predicted octanol–water partition coefficient (Wildman–Crippen LogP) is 2.24. The Balaban J connectivity index is 2.67. The van der Waals surface area contributed by atoms with Crippen LogP contribution in [0, 0.1) is 0 Å². The summed E-state index contributed by atoms with van der Waals surface area (Å²) in [6, 6.07) is 10.5. The van der Waals surface area contributed by atoms with Crippen LogP contribution in [0.1, 0.15) is 20.8 Å². The van der Waals surface area contributed by atoms with Gasteiger partial charge in [-0.05, 0) is 0 Å². The monoisotopic (exact) mass is 332 g/mol. The first-order chi connectivity index (χ1) is 9.31. The van der Waals surface area contributed by atoms with E-state index in [1.807, 2.05) is 26.8 Å². The summed E-state index contributed by atoms with van der Waals surface area (Å²) in [5, 5.41) is 0. The van der Waals surface area contributed by atoms with Crippen LogP contribution in [0.5, 0.6) is 0 Å². The molecule has 0 bridgehead atoms. The molecule has 0 N–H and O–H groups in total. The second-order valence-electron chi connectivity index (χ2n) is 3.91. The molecule has 1 unspecified atom stereocenters. The molecule has 0 aromatic heterocycles. The minimum absolute atomic E-state index is 0.165. The van der Waals surface area contributed by atoms with Crippen molar-refractivity contribution in [1.29, 1.82) is 0 Å². The third-order valence-electron chi connectivity index (χ3n) is 2.48. The van der Waals surface area contributed by atoms with Crippen molar-refractivity contribution in [2.24, 2.45) is 0 Å². The molecular formula is C15H24O3Se. The van der Waals surface area contributed by atoms with Gasteiger partial charge in [-0.25, -0.2) is 0 Å². The van der Waals surface area contributed by atoms with Crippen LogP contribution in [0.15, 0.2) is 30.3 Å². The van der Waals surface area contributed by atoms with Gasteiger partial charge in [0.1, 0.15) is 0 Å². The number of ether oxygens (including phenoxy) is 3. The number of benzene rings is 1. The van der Waals surface area contributed by atoms with E-state index < -0.39 is 0 Å². The van der Waals surface area contributed by atoms with E-state index in [2.05, 4.69) is 24.3 Å². The van der Waals surface area contributed by atoms with Gasteiger partial charge in [0.05, 0.1) is 0 Å². The Hall–Kier alpha value is -0.381. The summed E-state index contributed by atoms with van der Waals surface area (Å²) in [5.41, 5.74) is 0.